The quantitative estimate of drug-likeness (QED) is 0.772. The zero-order valence-corrected chi connectivity index (χ0v) is 14.2. The molecule has 3 amide bonds. The highest BCUT2D eigenvalue weighted by Crippen LogP contribution is 2.21. The van der Waals surface area contributed by atoms with Gasteiger partial charge in [0.25, 0.3) is 0 Å². The molecule has 7 nitrogen and oxygen atoms in total. The fourth-order valence-corrected chi connectivity index (χ4v) is 2.65. The molecule has 0 aliphatic carbocycles. The van der Waals surface area contributed by atoms with E-state index in [0.717, 1.165) is 5.69 Å². The van der Waals surface area contributed by atoms with E-state index >= 15 is 0 Å². The molecule has 0 spiro atoms. The highest BCUT2D eigenvalue weighted by molar-refractivity contribution is 5.96. The monoisotopic (exact) mass is 335 g/mol. The van der Waals surface area contributed by atoms with E-state index < -0.39 is 0 Å². The summed E-state index contributed by atoms with van der Waals surface area (Å²) in [5, 5.41) is 2.94. The smallest absolute Gasteiger partial charge is 0.317 e. The van der Waals surface area contributed by atoms with Crippen molar-refractivity contribution in [1.82, 2.24) is 10.2 Å². The summed E-state index contributed by atoms with van der Waals surface area (Å²) in [7, 11) is 3.19. The number of carbonyl (C=O) groups excluding carboxylic acids is 2. The van der Waals surface area contributed by atoms with Crippen molar-refractivity contribution in [3.05, 3.63) is 30.3 Å². The third-order valence-corrected chi connectivity index (χ3v) is 3.94. The van der Waals surface area contributed by atoms with E-state index in [9.17, 15) is 9.59 Å². The van der Waals surface area contributed by atoms with Crippen molar-refractivity contribution in [2.75, 3.05) is 52.0 Å². The van der Waals surface area contributed by atoms with E-state index in [1.807, 2.05) is 30.3 Å². The second-order valence-electron chi connectivity index (χ2n) is 5.66. The van der Waals surface area contributed by atoms with Crippen LogP contribution in [-0.4, -0.2) is 69.9 Å². The maximum Gasteiger partial charge on any atom is 0.317 e. The molecule has 1 fully saturated rings. The number of carbonyl (C=O) groups is 2. The molecule has 1 aromatic rings. The van der Waals surface area contributed by atoms with Gasteiger partial charge in [-0.3, -0.25) is 4.79 Å². The van der Waals surface area contributed by atoms with Crippen LogP contribution in [0.15, 0.2) is 30.3 Å². The normalized spacial score (nSPS) is 17.2. The van der Waals surface area contributed by atoms with E-state index in [4.69, 9.17) is 9.47 Å². The van der Waals surface area contributed by atoms with Crippen LogP contribution in [0.1, 0.15) is 6.42 Å². The Morgan fingerprint density at radius 1 is 1.21 bits per heavy atom. The fourth-order valence-electron chi connectivity index (χ4n) is 2.65. The lowest BCUT2D eigenvalue weighted by Crippen LogP contribution is -2.47. The van der Waals surface area contributed by atoms with Gasteiger partial charge in [-0.25, -0.2) is 4.79 Å². The zero-order valence-electron chi connectivity index (χ0n) is 14.2. The Morgan fingerprint density at radius 3 is 2.42 bits per heavy atom. The summed E-state index contributed by atoms with van der Waals surface area (Å²) in [5.74, 6) is 0.0202. The zero-order chi connectivity index (χ0) is 17.4. The van der Waals surface area contributed by atoms with E-state index in [-0.39, 0.29) is 18.0 Å². The molecule has 0 aromatic heterocycles. The van der Waals surface area contributed by atoms with Crippen molar-refractivity contribution in [1.29, 1.82) is 0 Å². The van der Waals surface area contributed by atoms with Gasteiger partial charge in [-0.15, -0.1) is 0 Å². The summed E-state index contributed by atoms with van der Waals surface area (Å²) >= 11 is 0. The summed E-state index contributed by atoms with van der Waals surface area (Å²) in [6.45, 7) is 2.36. The lowest BCUT2D eigenvalue weighted by molar-refractivity contribution is -0.117. The number of amides is 3. The first-order valence-corrected chi connectivity index (χ1v) is 8.04. The minimum absolute atomic E-state index is 0.0202. The van der Waals surface area contributed by atoms with Crippen LogP contribution in [0.3, 0.4) is 0 Å². The number of nitrogens with one attached hydrogen (secondary N) is 1. The molecule has 1 aromatic carbocycles. The predicted molar refractivity (Wildman–Crippen MR) is 91.1 cm³/mol. The molecule has 1 heterocycles. The van der Waals surface area contributed by atoms with Gasteiger partial charge in [0.05, 0.1) is 19.3 Å². The number of anilines is 1. The Morgan fingerprint density at radius 2 is 1.83 bits per heavy atom. The molecule has 132 valence electrons. The van der Waals surface area contributed by atoms with Crippen molar-refractivity contribution in [3.8, 4) is 0 Å². The van der Waals surface area contributed by atoms with Gasteiger partial charge in [-0.1, -0.05) is 18.2 Å². The van der Waals surface area contributed by atoms with E-state index in [1.54, 1.807) is 24.0 Å². The first-order chi connectivity index (χ1) is 11.7. The van der Waals surface area contributed by atoms with Gasteiger partial charge in [0.1, 0.15) is 0 Å². The van der Waals surface area contributed by atoms with E-state index in [0.29, 0.717) is 39.3 Å². The van der Waals surface area contributed by atoms with Crippen molar-refractivity contribution in [2.24, 2.45) is 0 Å². The Hall–Kier alpha value is -2.12. The average molecular weight is 335 g/mol. The van der Waals surface area contributed by atoms with Gasteiger partial charge in [0.2, 0.25) is 5.91 Å². The topological polar surface area (TPSA) is 71.1 Å². The minimum atomic E-state index is -0.197. The number of methoxy groups -OCH3 is 2. The standard InChI is InChI=1S/C17H25N3O4/c1-23-10-8-19(9-11-24-2)17(22)18-14-12-16(21)20(13-14)15-6-4-3-5-7-15/h3-7,14H,8-13H2,1-2H3,(H,18,22)/t14-/m0/s1. The third kappa shape index (κ3) is 4.94. The lowest BCUT2D eigenvalue weighted by atomic mass is 10.2. The van der Waals surface area contributed by atoms with Crippen LogP contribution in [0.2, 0.25) is 0 Å². The Balaban J connectivity index is 1.92. The maximum atomic E-state index is 12.4. The molecule has 1 aliphatic heterocycles. The lowest BCUT2D eigenvalue weighted by Gasteiger charge is -2.24. The summed E-state index contributed by atoms with van der Waals surface area (Å²) in [5.41, 5.74) is 0.856. The maximum absolute atomic E-state index is 12.4. The number of benzene rings is 1. The van der Waals surface area contributed by atoms with Gasteiger partial charge >= 0.3 is 6.03 Å². The molecule has 0 unspecified atom stereocenters. The van der Waals surface area contributed by atoms with Gasteiger partial charge in [0.15, 0.2) is 0 Å². The van der Waals surface area contributed by atoms with Gasteiger partial charge < -0.3 is 24.6 Å². The van der Waals surface area contributed by atoms with Crippen molar-refractivity contribution >= 4 is 17.6 Å². The van der Waals surface area contributed by atoms with Gasteiger partial charge in [0, 0.05) is 46.0 Å². The second-order valence-corrected chi connectivity index (χ2v) is 5.66. The highest BCUT2D eigenvalue weighted by Gasteiger charge is 2.32. The molecular weight excluding hydrogens is 310 g/mol. The molecular formula is C17H25N3O4. The van der Waals surface area contributed by atoms with Gasteiger partial charge in [-0.05, 0) is 12.1 Å². The van der Waals surface area contributed by atoms with E-state index in [1.165, 1.54) is 0 Å². The summed E-state index contributed by atoms with van der Waals surface area (Å²) in [4.78, 5) is 28.0. The van der Waals surface area contributed by atoms with Crippen molar-refractivity contribution < 1.29 is 19.1 Å². The number of ether oxygens (including phenoxy) is 2. The summed E-state index contributed by atoms with van der Waals surface area (Å²) in [6.07, 6.45) is 0.309. The molecule has 24 heavy (non-hydrogen) atoms. The Bertz CT molecular complexity index is 530. The van der Waals surface area contributed by atoms with Crippen LogP contribution >= 0.6 is 0 Å². The van der Waals surface area contributed by atoms with Gasteiger partial charge in [-0.2, -0.15) is 0 Å². The van der Waals surface area contributed by atoms with Crippen LogP contribution in [0.5, 0.6) is 0 Å². The van der Waals surface area contributed by atoms with E-state index in [2.05, 4.69) is 5.32 Å². The second kappa shape index (κ2) is 9.24. The van der Waals surface area contributed by atoms with Crippen molar-refractivity contribution in [2.45, 2.75) is 12.5 Å². The SMILES string of the molecule is COCCN(CCOC)C(=O)N[C@H]1CC(=O)N(c2ccccc2)C1. The molecule has 1 saturated heterocycles. The first-order valence-electron chi connectivity index (χ1n) is 8.04. The molecule has 0 radical (unpaired) electrons. The average Bonchev–Trinajstić information content (AvgIpc) is 2.96. The van der Waals surface area contributed by atoms with Crippen LogP contribution in [-0.2, 0) is 14.3 Å². The molecule has 0 bridgehead atoms. The first kappa shape index (κ1) is 18.2. The Labute approximate surface area is 142 Å². The molecule has 7 heteroatoms. The molecule has 2 rings (SSSR count). The molecule has 0 saturated carbocycles. The Kier molecular flexibility index (Phi) is 7.02. The molecule has 1 atom stereocenters. The predicted octanol–water partition coefficient (Wildman–Crippen LogP) is 1.10. The van der Waals surface area contributed by atoms with Crippen LogP contribution < -0.4 is 10.2 Å². The fraction of sp³-hybridized carbons (Fsp3) is 0.529. The minimum Gasteiger partial charge on any atom is -0.383 e. The van der Waals surface area contributed by atoms with Crippen molar-refractivity contribution in [3.63, 3.8) is 0 Å². The highest BCUT2D eigenvalue weighted by atomic mass is 16.5. The number of rotatable bonds is 8. The van der Waals surface area contributed by atoms with Crippen LogP contribution in [0.4, 0.5) is 10.5 Å². The number of hydrogen-bond donors (Lipinski definition) is 1. The third-order valence-electron chi connectivity index (χ3n) is 3.94. The summed E-state index contributed by atoms with van der Waals surface area (Å²) in [6, 6.07) is 9.09. The van der Waals surface area contributed by atoms with Crippen LogP contribution in [0, 0.1) is 0 Å². The number of para-hydroxylation sites is 1. The summed E-state index contributed by atoms with van der Waals surface area (Å²) < 4.78 is 10.1. The number of urea groups is 1. The number of hydrogen-bond acceptors (Lipinski definition) is 4. The molecule has 1 aliphatic rings. The van der Waals surface area contributed by atoms with Crippen LogP contribution in [0.25, 0.3) is 0 Å². The number of nitrogens with zero attached hydrogens (tertiary/aromatic N) is 2. The largest absolute Gasteiger partial charge is 0.383 e. The molecule has 1 N–H and O–H groups in total.